The summed E-state index contributed by atoms with van der Waals surface area (Å²) in [6, 6.07) is 3.76. The minimum atomic E-state index is -0.0552. The highest BCUT2D eigenvalue weighted by Crippen LogP contribution is 2.32. The van der Waals surface area contributed by atoms with Crippen LogP contribution in [0.1, 0.15) is 10.5 Å². The number of hydrogen-bond acceptors (Lipinski definition) is 5. The first-order valence-electron chi connectivity index (χ1n) is 5.73. The maximum atomic E-state index is 12.1. The van der Waals surface area contributed by atoms with Crippen LogP contribution in [0.4, 0.5) is 0 Å². The maximum absolute atomic E-state index is 12.1. The smallest absolute Gasteiger partial charge is 0.273 e. The summed E-state index contributed by atoms with van der Waals surface area (Å²) in [4.78, 5) is 19.2. The monoisotopic (exact) mass is 387 g/mol. The van der Waals surface area contributed by atoms with Gasteiger partial charge in [-0.2, -0.15) is 0 Å². The highest BCUT2D eigenvalue weighted by atomic mass is 35.5. The molecule has 1 N–H and O–H groups in total. The van der Waals surface area contributed by atoms with Crippen molar-refractivity contribution in [3.8, 4) is 9.88 Å². The van der Waals surface area contributed by atoms with E-state index in [-0.39, 0.29) is 30.7 Å². The summed E-state index contributed by atoms with van der Waals surface area (Å²) >= 11 is 8.83. The number of nitrogens with one attached hydrogen (secondary N) is 1. The Morgan fingerprint density at radius 2 is 2.14 bits per heavy atom. The third-order valence-electron chi connectivity index (χ3n) is 2.55. The van der Waals surface area contributed by atoms with Gasteiger partial charge < -0.3 is 10.2 Å². The molecule has 21 heavy (non-hydrogen) atoms. The first-order chi connectivity index (χ1) is 9.11. The fourth-order valence-corrected chi connectivity index (χ4v) is 3.40. The summed E-state index contributed by atoms with van der Waals surface area (Å²) < 4.78 is 0.726. The van der Waals surface area contributed by atoms with Crippen LogP contribution in [-0.4, -0.2) is 43.0 Å². The summed E-state index contributed by atoms with van der Waals surface area (Å²) in [7, 11) is 3.64. The molecule has 118 valence electrons. The lowest BCUT2D eigenvalue weighted by Gasteiger charge is -2.15. The van der Waals surface area contributed by atoms with Crippen molar-refractivity contribution in [2.75, 3.05) is 27.2 Å². The zero-order chi connectivity index (χ0) is 13.8. The van der Waals surface area contributed by atoms with E-state index in [2.05, 4.69) is 10.3 Å². The van der Waals surface area contributed by atoms with Crippen LogP contribution in [0.15, 0.2) is 17.5 Å². The van der Waals surface area contributed by atoms with Gasteiger partial charge in [-0.3, -0.25) is 4.79 Å². The average molecular weight is 389 g/mol. The molecule has 0 unspecified atom stereocenters. The molecule has 0 atom stereocenters. The van der Waals surface area contributed by atoms with Gasteiger partial charge in [-0.1, -0.05) is 11.6 Å². The van der Waals surface area contributed by atoms with Crippen molar-refractivity contribution in [1.29, 1.82) is 0 Å². The number of hydrogen-bond donors (Lipinski definition) is 1. The fraction of sp³-hybridized carbons (Fsp3) is 0.333. The lowest BCUT2D eigenvalue weighted by Crippen LogP contribution is -2.32. The van der Waals surface area contributed by atoms with Gasteiger partial charge in [0, 0.05) is 25.5 Å². The van der Waals surface area contributed by atoms with E-state index in [0.29, 0.717) is 12.2 Å². The molecule has 0 radical (unpaired) electrons. The van der Waals surface area contributed by atoms with Crippen LogP contribution < -0.4 is 5.32 Å². The Morgan fingerprint density at radius 3 is 2.71 bits per heavy atom. The lowest BCUT2D eigenvalue weighted by atomic mass is 10.4. The second-order valence-corrected chi connectivity index (χ2v) is 6.55. The number of aromatic nitrogens is 1. The van der Waals surface area contributed by atoms with Gasteiger partial charge in [-0.05, 0) is 19.2 Å². The summed E-state index contributed by atoms with van der Waals surface area (Å²) in [6.45, 7) is 1.42. The van der Waals surface area contributed by atoms with Gasteiger partial charge in [-0.15, -0.1) is 47.5 Å². The molecule has 2 heterocycles. The summed E-state index contributed by atoms with van der Waals surface area (Å²) in [6.07, 6.45) is 0. The minimum Gasteiger partial charge on any atom is -0.339 e. The van der Waals surface area contributed by atoms with E-state index in [4.69, 9.17) is 11.6 Å². The largest absolute Gasteiger partial charge is 0.339 e. The number of amides is 1. The molecule has 0 spiro atoms. The number of carbonyl (C=O) groups excluding carboxylic acids is 1. The van der Waals surface area contributed by atoms with E-state index in [9.17, 15) is 4.79 Å². The molecular formula is C12H16Cl3N3OS2. The Morgan fingerprint density at radius 1 is 1.43 bits per heavy atom. The molecule has 0 bridgehead atoms. The number of nitrogens with zero attached hydrogens (tertiary/aromatic N) is 2. The predicted molar refractivity (Wildman–Crippen MR) is 95.8 cm³/mol. The summed E-state index contributed by atoms with van der Waals surface area (Å²) in [5.41, 5.74) is 0.489. The molecule has 2 rings (SSSR count). The average Bonchev–Trinajstić information content (AvgIpc) is 3.03. The van der Waals surface area contributed by atoms with Crippen LogP contribution in [0.3, 0.4) is 0 Å². The molecule has 0 saturated heterocycles. The normalized spacial score (nSPS) is 9.67. The number of thiophene rings is 1. The van der Waals surface area contributed by atoms with Gasteiger partial charge in [0.25, 0.3) is 5.91 Å². The van der Waals surface area contributed by atoms with E-state index in [0.717, 1.165) is 20.8 Å². The molecule has 0 aliphatic carbocycles. The number of rotatable bonds is 5. The molecule has 0 aliphatic rings. The third kappa shape index (κ3) is 5.39. The number of likely N-dealkylation sites (N-methyl/N-ethyl adjacent to an activating group) is 2. The van der Waals surface area contributed by atoms with Gasteiger partial charge in [0.05, 0.1) is 9.21 Å². The van der Waals surface area contributed by atoms with Crippen LogP contribution in [-0.2, 0) is 0 Å². The first-order valence-corrected chi connectivity index (χ1v) is 7.80. The number of carbonyl (C=O) groups is 1. The van der Waals surface area contributed by atoms with Crippen LogP contribution >= 0.6 is 59.1 Å². The zero-order valence-electron chi connectivity index (χ0n) is 11.5. The Balaban J connectivity index is 0.00000200. The van der Waals surface area contributed by atoms with Crippen molar-refractivity contribution in [2.45, 2.75) is 0 Å². The number of thiazole rings is 1. The summed E-state index contributed by atoms with van der Waals surface area (Å²) in [5.74, 6) is -0.0552. The number of halogens is 3. The topological polar surface area (TPSA) is 45.2 Å². The first kappa shape index (κ1) is 20.6. The fourth-order valence-electron chi connectivity index (χ4n) is 1.49. The third-order valence-corrected chi connectivity index (χ3v) is 4.79. The van der Waals surface area contributed by atoms with Gasteiger partial charge in [0.1, 0.15) is 10.7 Å². The maximum Gasteiger partial charge on any atom is 0.273 e. The van der Waals surface area contributed by atoms with Crippen LogP contribution in [0.2, 0.25) is 4.34 Å². The highest BCUT2D eigenvalue weighted by Gasteiger charge is 2.16. The van der Waals surface area contributed by atoms with Gasteiger partial charge >= 0.3 is 0 Å². The second-order valence-electron chi connectivity index (χ2n) is 3.97. The molecule has 1 amide bonds. The van der Waals surface area contributed by atoms with E-state index < -0.39 is 0 Å². The second kappa shape index (κ2) is 9.61. The molecule has 2 aromatic heterocycles. The molecule has 2 aromatic rings. The predicted octanol–water partition coefficient (Wildman–Crippen LogP) is 3.66. The molecule has 9 heteroatoms. The molecule has 0 saturated carbocycles. The standard InChI is InChI=1S/C12H14ClN3OS2.2ClH/c1-14-5-6-16(2)12(17)8-7-18-11(15-8)9-3-4-10(13)19-9;;/h3-4,7,14H,5-6H2,1-2H3;2*1H. The summed E-state index contributed by atoms with van der Waals surface area (Å²) in [5, 5.41) is 5.64. The van der Waals surface area contributed by atoms with Crippen LogP contribution in [0.25, 0.3) is 9.88 Å². The van der Waals surface area contributed by atoms with Gasteiger partial charge in [0.2, 0.25) is 0 Å². The van der Waals surface area contributed by atoms with Gasteiger partial charge in [-0.25, -0.2) is 4.98 Å². The van der Waals surface area contributed by atoms with Crippen molar-refractivity contribution in [2.24, 2.45) is 0 Å². The van der Waals surface area contributed by atoms with Crippen molar-refractivity contribution < 1.29 is 4.79 Å². The van der Waals surface area contributed by atoms with E-state index >= 15 is 0 Å². The highest BCUT2D eigenvalue weighted by molar-refractivity contribution is 7.23. The van der Waals surface area contributed by atoms with Crippen molar-refractivity contribution in [3.05, 3.63) is 27.5 Å². The van der Waals surface area contributed by atoms with Crippen molar-refractivity contribution in [1.82, 2.24) is 15.2 Å². The molecule has 4 nitrogen and oxygen atoms in total. The van der Waals surface area contributed by atoms with E-state index in [1.165, 1.54) is 22.7 Å². The Kier molecular flexibility index (Phi) is 9.44. The van der Waals surface area contributed by atoms with Crippen molar-refractivity contribution >= 4 is 65.0 Å². The molecule has 0 aliphatic heterocycles. The van der Waals surface area contributed by atoms with Crippen LogP contribution in [0, 0.1) is 0 Å². The zero-order valence-corrected chi connectivity index (χ0v) is 15.5. The Hall–Kier alpha value is -0.370. The van der Waals surface area contributed by atoms with Crippen molar-refractivity contribution in [3.63, 3.8) is 0 Å². The molecule has 0 fully saturated rings. The Labute approximate surface area is 149 Å². The van der Waals surface area contributed by atoms with E-state index in [1.54, 1.807) is 17.3 Å². The SMILES string of the molecule is CNCCN(C)C(=O)c1csc(-c2ccc(Cl)s2)n1.Cl.Cl. The molecular weight excluding hydrogens is 373 g/mol. The van der Waals surface area contributed by atoms with E-state index in [1.807, 2.05) is 19.2 Å². The Bertz CT molecular complexity index is 574. The van der Waals surface area contributed by atoms with Gasteiger partial charge in [0.15, 0.2) is 0 Å². The molecule has 0 aromatic carbocycles. The van der Waals surface area contributed by atoms with Crippen LogP contribution in [0.5, 0.6) is 0 Å². The minimum absolute atomic E-state index is 0. The lowest BCUT2D eigenvalue weighted by molar-refractivity contribution is 0.0792. The quantitative estimate of drug-likeness (QED) is 0.850.